The molecule has 1 fully saturated rings. The summed E-state index contributed by atoms with van der Waals surface area (Å²) in [6, 6.07) is 1.94. The predicted molar refractivity (Wildman–Crippen MR) is 48.6 cm³/mol. The van der Waals surface area contributed by atoms with E-state index in [1.54, 1.807) is 4.90 Å². The van der Waals surface area contributed by atoms with Crippen LogP contribution in [0.2, 0.25) is 0 Å². The van der Waals surface area contributed by atoms with Gasteiger partial charge in [-0.25, -0.2) is 0 Å². The summed E-state index contributed by atoms with van der Waals surface area (Å²) in [4.78, 5) is 13.0. The van der Waals surface area contributed by atoms with Crippen molar-refractivity contribution >= 4 is 5.91 Å². The molecule has 4 heteroatoms. The Morgan fingerprint density at radius 3 is 2.92 bits per heavy atom. The minimum atomic E-state index is -0.0931. The number of carbonyl (C=O) groups is 1. The monoisotopic (exact) mass is 181 g/mol. The lowest BCUT2D eigenvalue weighted by molar-refractivity contribution is -0.132. The zero-order chi connectivity index (χ0) is 9.84. The molecule has 0 radical (unpaired) electrons. The number of likely N-dealkylation sites (tertiary alicyclic amines) is 1. The second-order valence-corrected chi connectivity index (χ2v) is 3.73. The standard InChI is InChI=1S/C9H15N3O/c1-7-4-8(11)6-12(5-7)9(13)2-3-10/h7-8H,2,4-6,11H2,1H3/t7-,8+/m0/s1. The van der Waals surface area contributed by atoms with Crippen LogP contribution in [0.1, 0.15) is 19.8 Å². The van der Waals surface area contributed by atoms with Crippen molar-refractivity contribution in [3.05, 3.63) is 0 Å². The van der Waals surface area contributed by atoms with Gasteiger partial charge in [0.2, 0.25) is 5.91 Å². The molecule has 1 aliphatic heterocycles. The van der Waals surface area contributed by atoms with Gasteiger partial charge in [0, 0.05) is 19.1 Å². The predicted octanol–water partition coefficient (Wildman–Crippen LogP) is 0.0958. The fraction of sp³-hybridized carbons (Fsp3) is 0.778. The van der Waals surface area contributed by atoms with Gasteiger partial charge in [-0.2, -0.15) is 5.26 Å². The lowest BCUT2D eigenvalue weighted by atomic mass is 9.96. The molecule has 1 rings (SSSR count). The van der Waals surface area contributed by atoms with Crippen molar-refractivity contribution < 1.29 is 4.79 Å². The van der Waals surface area contributed by atoms with E-state index in [-0.39, 0.29) is 18.4 Å². The van der Waals surface area contributed by atoms with Crippen molar-refractivity contribution in [3.8, 4) is 6.07 Å². The molecule has 0 unspecified atom stereocenters. The normalized spacial score (nSPS) is 28.2. The second-order valence-electron chi connectivity index (χ2n) is 3.73. The van der Waals surface area contributed by atoms with Crippen LogP contribution in [0.15, 0.2) is 0 Å². The maximum atomic E-state index is 11.3. The van der Waals surface area contributed by atoms with E-state index < -0.39 is 0 Å². The Hall–Kier alpha value is -1.08. The zero-order valence-corrected chi connectivity index (χ0v) is 7.86. The van der Waals surface area contributed by atoms with E-state index in [0.29, 0.717) is 12.5 Å². The number of hydrogen-bond donors (Lipinski definition) is 1. The molecule has 1 aliphatic rings. The molecule has 0 spiro atoms. The van der Waals surface area contributed by atoms with Gasteiger partial charge in [-0.15, -0.1) is 0 Å². The number of hydrogen-bond acceptors (Lipinski definition) is 3. The van der Waals surface area contributed by atoms with Crippen LogP contribution in [0.4, 0.5) is 0 Å². The van der Waals surface area contributed by atoms with Crippen LogP contribution >= 0.6 is 0 Å². The molecule has 1 heterocycles. The average Bonchev–Trinajstić information content (AvgIpc) is 2.03. The number of nitrogens with two attached hydrogens (primary N) is 1. The Balaban J connectivity index is 2.50. The first-order valence-electron chi connectivity index (χ1n) is 4.53. The van der Waals surface area contributed by atoms with Crippen LogP contribution < -0.4 is 5.73 Å². The smallest absolute Gasteiger partial charge is 0.236 e. The number of piperidine rings is 1. The fourth-order valence-corrected chi connectivity index (χ4v) is 1.78. The Kier molecular flexibility index (Phi) is 3.26. The summed E-state index contributed by atoms with van der Waals surface area (Å²) >= 11 is 0. The summed E-state index contributed by atoms with van der Waals surface area (Å²) < 4.78 is 0. The van der Waals surface area contributed by atoms with Gasteiger partial charge in [-0.3, -0.25) is 4.79 Å². The summed E-state index contributed by atoms with van der Waals surface area (Å²) in [5.41, 5.74) is 5.77. The molecular weight excluding hydrogens is 166 g/mol. The van der Waals surface area contributed by atoms with Crippen molar-refractivity contribution in [3.63, 3.8) is 0 Å². The fourth-order valence-electron chi connectivity index (χ4n) is 1.78. The number of nitriles is 1. The van der Waals surface area contributed by atoms with E-state index in [0.717, 1.165) is 13.0 Å². The van der Waals surface area contributed by atoms with Crippen molar-refractivity contribution in [2.24, 2.45) is 11.7 Å². The molecule has 0 aromatic heterocycles. The first kappa shape index (κ1) is 10.0. The van der Waals surface area contributed by atoms with Gasteiger partial charge in [-0.1, -0.05) is 6.92 Å². The first-order chi connectivity index (χ1) is 6.13. The molecule has 0 aromatic rings. The highest BCUT2D eigenvalue weighted by Crippen LogP contribution is 2.15. The number of nitrogens with zero attached hydrogens (tertiary/aromatic N) is 2. The van der Waals surface area contributed by atoms with Gasteiger partial charge in [0.05, 0.1) is 6.07 Å². The van der Waals surface area contributed by atoms with Crippen LogP contribution in [0.25, 0.3) is 0 Å². The average molecular weight is 181 g/mol. The molecule has 2 atom stereocenters. The molecule has 1 amide bonds. The van der Waals surface area contributed by atoms with E-state index in [9.17, 15) is 4.79 Å². The third kappa shape index (κ3) is 2.71. The molecule has 2 N–H and O–H groups in total. The molecule has 1 saturated heterocycles. The molecule has 0 aromatic carbocycles. The molecule has 0 bridgehead atoms. The van der Waals surface area contributed by atoms with E-state index in [4.69, 9.17) is 11.0 Å². The van der Waals surface area contributed by atoms with E-state index in [1.807, 2.05) is 6.07 Å². The van der Waals surface area contributed by atoms with Crippen LogP contribution in [0, 0.1) is 17.2 Å². The van der Waals surface area contributed by atoms with Gasteiger partial charge in [-0.05, 0) is 12.3 Å². The Morgan fingerprint density at radius 1 is 1.69 bits per heavy atom. The lowest BCUT2D eigenvalue weighted by Gasteiger charge is -2.34. The highest BCUT2D eigenvalue weighted by atomic mass is 16.2. The SMILES string of the molecule is C[C@H]1C[C@@H](N)CN(C(=O)CC#N)C1. The largest absolute Gasteiger partial charge is 0.340 e. The van der Waals surface area contributed by atoms with E-state index in [1.165, 1.54) is 0 Å². The van der Waals surface area contributed by atoms with Crippen molar-refractivity contribution in [1.29, 1.82) is 5.26 Å². The number of rotatable bonds is 1. The van der Waals surface area contributed by atoms with Gasteiger partial charge in [0.1, 0.15) is 6.42 Å². The molecule has 0 aliphatic carbocycles. The van der Waals surface area contributed by atoms with Crippen LogP contribution in [-0.4, -0.2) is 29.9 Å². The van der Waals surface area contributed by atoms with Gasteiger partial charge < -0.3 is 10.6 Å². The third-order valence-corrected chi connectivity index (χ3v) is 2.28. The molecule has 4 nitrogen and oxygen atoms in total. The highest BCUT2D eigenvalue weighted by molar-refractivity contribution is 5.78. The quantitative estimate of drug-likeness (QED) is 0.623. The zero-order valence-electron chi connectivity index (χ0n) is 7.86. The van der Waals surface area contributed by atoms with Gasteiger partial charge >= 0.3 is 0 Å². The maximum Gasteiger partial charge on any atom is 0.236 e. The summed E-state index contributed by atoms with van der Waals surface area (Å²) in [6.07, 6.45) is 0.940. The summed E-state index contributed by atoms with van der Waals surface area (Å²) in [5, 5.41) is 8.37. The lowest BCUT2D eigenvalue weighted by Crippen LogP contribution is -2.48. The first-order valence-corrected chi connectivity index (χ1v) is 4.53. The summed E-state index contributed by atoms with van der Waals surface area (Å²) in [6.45, 7) is 3.42. The minimum Gasteiger partial charge on any atom is -0.340 e. The minimum absolute atomic E-state index is 0.0283. The number of carbonyl (C=O) groups excluding carboxylic acids is 1. The highest BCUT2D eigenvalue weighted by Gasteiger charge is 2.25. The Bertz CT molecular complexity index is 224. The number of amides is 1. The van der Waals surface area contributed by atoms with Gasteiger partial charge in [0.15, 0.2) is 0 Å². The van der Waals surface area contributed by atoms with Gasteiger partial charge in [0.25, 0.3) is 0 Å². The van der Waals surface area contributed by atoms with Crippen molar-refractivity contribution in [2.45, 2.75) is 25.8 Å². The molecule has 72 valence electrons. The summed E-state index contributed by atoms with van der Waals surface area (Å²) in [5.74, 6) is 0.357. The molecule has 13 heavy (non-hydrogen) atoms. The Morgan fingerprint density at radius 2 is 2.38 bits per heavy atom. The van der Waals surface area contributed by atoms with E-state index >= 15 is 0 Å². The Labute approximate surface area is 78.3 Å². The van der Waals surface area contributed by atoms with Crippen LogP contribution in [0.5, 0.6) is 0 Å². The second kappa shape index (κ2) is 4.24. The maximum absolute atomic E-state index is 11.3. The summed E-state index contributed by atoms with van der Waals surface area (Å²) in [7, 11) is 0. The topological polar surface area (TPSA) is 70.1 Å². The molecular formula is C9H15N3O. The third-order valence-electron chi connectivity index (χ3n) is 2.28. The van der Waals surface area contributed by atoms with Crippen molar-refractivity contribution in [1.82, 2.24) is 4.90 Å². The molecule has 0 saturated carbocycles. The van der Waals surface area contributed by atoms with Crippen LogP contribution in [-0.2, 0) is 4.79 Å². The van der Waals surface area contributed by atoms with Crippen molar-refractivity contribution in [2.75, 3.05) is 13.1 Å². The van der Waals surface area contributed by atoms with Crippen LogP contribution in [0.3, 0.4) is 0 Å². The van der Waals surface area contributed by atoms with E-state index in [2.05, 4.69) is 6.92 Å².